The molecule has 0 amide bonds. The van der Waals surface area contributed by atoms with Crippen molar-refractivity contribution in [2.45, 2.75) is 32.3 Å². The van der Waals surface area contributed by atoms with E-state index in [1.807, 2.05) is 6.92 Å². The first kappa shape index (κ1) is 20.9. The number of halogens is 1. The zero-order chi connectivity index (χ0) is 23.1. The fourth-order valence-electron chi connectivity index (χ4n) is 4.51. The molecular formula is C24H24FN7O. The number of ether oxygens (including phenoxy) is 1. The highest BCUT2D eigenvalue weighted by atomic mass is 19.1. The van der Waals surface area contributed by atoms with Gasteiger partial charge in [0.1, 0.15) is 29.5 Å². The smallest absolute Gasteiger partial charge is 0.166 e. The topological polar surface area (TPSA) is 105 Å². The van der Waals surface area contributed by atoms with Crippen LogP contribution in [0.5, 0.6) is 5.75 Å². The molecule has 33 heavy (non-hydrogen) atoms. The minimum absolute atomic E-state index is 0.214. The van der Waals surface area contributed by atoms with Crippen molar-refractivity contribution >= 4 is 17.3 Å². The predicted molar refractivity (Wildman–Crippen MR) is 123 cm³/mol. The molecule has 3 aromatic rings. The molecule has 2 bridgehead atoms. The van der Waals surface area contributed by atoms with E-state index >= 15 is 0 Å². The van der Waals surface area contributed by atoms with E-state index in [9.17, 15) is 9.65 Å². The second-order valence-electron chi connectivity index (χ2n) is 8.38. The van der Waals surface area contributed by atoms with E-state index in [0.717, 1.165) is 37.5 Å². The number of fused-ring (bicyclic) bond motifs is 5. The van der Waals surface area contributed by atoms with E-state index in [4.69, 9.17) is 15.5 Å². The molecule has 2 aliphatic heterocycles. The molecular weight excluding hydrogens is 421 g/mol. The number of aliphatic imine (C=N–C) groups is 1. The molecule has 1 aromatic carbocycles. The van der Waals surface area contributed by atoms with Crippen LogP contribution in [0.3, 0.4) is 0 Å². The van der Waals surface area contributed by atoms with Crippen molar-refractivity contribution in [1.29, 1.82) is 5.26 Å². The Balaban J connectivity index is 1.77. The lowest BCUT2D eigenvalue weighted by molar-refractivity contribution is 0.228. The Labute approximate surface area is 191 Å². The van der Waals surface area contributed by atoms with Gasteiger partial charge in [0, 0.05) is 43.0 Å². The van der Waals surface area contributed by atoms with Crippen molar-refractivity contribution in [2.75, 3.05) is 18.8 Å². The average molecular weight is 446 g/mol. The quantitative estimate of drug-likeness (QED) is 0.563. The first-order chi connectivity index (χ1) is 15.9. The van der Waals surface area contributed by atoms with Gasteiger partial charge in [-0.25, -0.2) is 14.4 Å². The minimum atomic E-state index is -0.526. The fourth-order valence-corrected chi connectivity index (χ4v) is 4.51. The third kappa shape index (κ3) is 3.78. The molecule has 168 valence electrons. The number of aromatic nitrogens is 3. The number of nitrogens with zero attached hydrogens (tertiary/aromatic N) is 6. The van der Waals surface area contributed by atoms with E-state index in [2.05, 4.69) is 21.1 Å². The van der Waals surface area contributed by atoms with E-state index in [1.165, 1.54) is 12.1 Å². The molecule has 0 aliphatic carbocycles. The Morgan fingerprint density at radius 3 is 2.79 bits per heavy atom. The molecule has 2 aromatic heterocycles. The zero-order valence-electron chi connectivity index (χ0n) is 18.5. The van der Waals surface area contributed by atoms with Gasteiger partial charge in [-0.05, 0) is 44.0 Å². The van der Waals surface area contributed by atoms with Gasteiger partial charge in [-0.2, -0.15) is 10.4 Å². The average Bonchev–Trinajstić information content (AvgIpc) is 3.43. The van der Waals surface area contributed by atoms with Crippen molar-refractivity contribution in [3.63, 3.8) is 0 Å². The molecule has 0 radical (unpaired) electrons. The summed E-state index contributed by atoms with van der Waals surface area (Å²) in [6.45, 7) is 3.61. The Bertz CT molecular complexity index is 1300. The van der Waals surface area contributed by atoms with Crippen molar-refractivity contribution in [3.8, 4) is 22.9 Å². The summed E-state index contributed by atoms with van der Waals surface area (Å²) in [6, 6.07) is 8.55. The molecule has 8 nitrogen and oxygen atoms in total. The summed E-state index contributed by atoms with van der Waals surface area (Å²) in [7, 11) is 1.75. The number of hydrogen-bond acceptors (Lipinski definition) is 7. The molecule has 0 saturated carbocycles. The molecule has 0 unspecified atom stereocenters. The van der Waals surface area contributed by atoms with Crippen molar-refractivity contribution in [1.82, 2.24) is 19.7 Å². The third-order valence-electron chi connectivity index (χ3n) is 6.17. The maximum Gasteiger partial charge on any atom is 0.166 e. The van der Waals surface area contributed by atoms with Gasteiger partial charge >= 0.3 is 0 Å². The van der Waals surface area contributed by atoms with Crippen LogP contribution in [-0.4, -0.2) is 38.6 Å². The van der Waals surface area contributed by atoms with E-state index in [1.54, 1.807) is 30.1 Å². The maximum atomic E-state index is 14.2. The van der Waals surface area contributed by atoms with E-state index in [0.29, 0.717) is 40.2 Å². The molecule has 2 aliphatic rings. The summed E-state index contributed by atoms with van der Waals surface area (Å²) in [5, 5.41) is 14.5. The van der Waals surface area contributed by atoms with Crippen molar-refractivity contribution in [3.05, 3.63) is 53.2 Å². The molecule has 5 rings (SSSR count). The van der Waals surface area contributed by atoms with Crippen LogP contribution in [-0.2, 0) is 13.5 Å². The highest BCUT2D eigenvalue weighted by Crippen LogP contribution is 2.37. The molecule has 2 N–H and O–H groups in total. The maximum absolute atomic E-state index is 14.2. The van der Waals surface area contributed by atoms with Gasteiger partial charge < -0.3 is 15.4 Å². The number of pyridine rings is 1. The molecule has 9 heteroatoms. The number of benzene rings is 1. The number of nitrogens with two attached hydrogens (primary N) is 1. The summed E-state index contributed by atoms with van der Waals surface area (Å²) in [6.07, 6.45) is 3.69. The lowest BCUT2D eigenvalue weighted by Crippen LogP contribution is -2.30. The lowest BCUT2D eigenvalue weighted by atomic mass is 10.0. The molecule has 0 spiro atoms. The molecule has 1 atom stereocenters. The van der Waals surface area contributed by atoms with Crippen LogP contribution in [0.15, 0.2) is 35.5 Å². The van der Waals surface area contributed by atoms with E-state index < -0.39 is 6.10 Å². The number of anilines is 1. The highest BCUT2D eigenvalue weighted by molar-refractivity contribution is 5.89. The Hall–Kier alpha value is -3.93. The number of aryl methyl sites for hydroxylation is 1. The van der Waals surface area contributed by atoms with Crippen molar-refractivity contribution in [2.24, 2.45) is 12.0 Å². The van der Waals surface area contributed by atoms with Gasteiger partial charge in [0.05, 0.1) is 17.8 Å². The minimum Gasteiger partial charge on any atom is -0.482 e. The Morgan fingerprint density at radius 2 is 2.03 bits per heavy atom. The van der Waals surface area contributed by atoms with E-state index in [-0.39, 0.29) is 11.6 Å². The predicted octanol–water partition coefficient (Wildman–Crippen LogP) is 3.90. The van der Waals surface area contributed by atoms with Crippen LogP contribution < -0.4 is 10.5 Å². The fraction of sp³-hybridized carbons (Fsp3) is 0.333. The Morgan fingerprint density at radius 1 is 1.24 bits per heavy atom. The second kappa shape index (κ2) is 8.20. The number of amidine groups is 1. The van der Waals surface area contributed by atoms with Gasteiger partial charge in [-0.3, -0.25) is 4.68 Å². The summed E-state index contributed by atoms with van der Waals surface area (Å²) < 4.78 is 21.9. The lowest BCUT2D eigenvalue weighted by Gasteiger charge is -2.23. The van der Waals surface area contributed by atoms with Crippen LogP contribution in [0.1, 0.15) is 42.8 Å². The largest absolute Gasteiger partial charge is 0.482 e. The van der Waals surface area contributed by atoms with Crippen LogP contribution in [0.25, 0.3) is 11.1 Å². The summed E-state index contributed by atoms with van der Waals surface area (Å²) >= 11 is 0. The summed E-state index contributed by atoms with van der Waals surface area (Å²) in [4.78, 5) is 11.5. The van der Waals surface area contributed by atoms with Gasteiger partial charge in [0.2, 0.25) is 0 Å². The van der Waals surface area contributed by atoms with Gasteiger partial charge in [0.25, 0.3) is 0 Å². The number of rotatable bonds is 0. The van der Waals surface area contributed by atoms with Gasteiger partial charge in [-0.1, -0.05) is 0 Å². The SMILES string of the molecule is C[C@H]1Oc2cc(cnc2N)-c2c(nn(C)c2C#N)CC(N2CCCC2)=Nc2ccc(F)cc21. The van der Waals surface area contributed by atoms with Gasteiger partial charge in [-0.15, -0.1) is 0 Å². The highest BCUT2D eigenvalue weighted by Gasteiger charge is 2.26. The molecule has 4 heterocycles. The first-order valence-corrected chi connectivity index (χ1v) is 10.9. The summed E-state index contributed by atoms with van der Waals surface area (Å²) in [5.41, 5.74) is 9.87. The van der Waals surface area contributed by atoms with Crippen LogP contribution in [0.2, 0.25) is 0 Å². The number of nitriles is 1. The normalized spacial score (nSPS) is 17.7. The Kier molecular flexibility index (Phi) is 5.21. The molecule has 1 saturated heterocycles. The number of hydrogen-bond donors (Lipinski definition) is 1. The van der Waals surface area contributed by atoms with Crippen molar-refractivity contribution < 1.29 is 9.13 Å². The van der Waals surface area contributed by atoms with Crippen LogP contribution in [0.4, 0.5) is 15.9 Å². The number of likely N-dealkylation sites (tertiary alicyclic amines) is 1. The zero-order valence-corrected chi connectivity index (χ0v) is 18.5. The first-order valence-electron chi connectivity index (χ1n) is 10.9. The van der Waals surface area contributed by atoms with Crippen LogP contribution in [0, 0.1) is 17.1 Å². The number of nitrogen functional groups attached to an aromatic ring is 1. The van der Waals surface area contributed by atoms with Crippen LogP contribution >= 0.6 is 0 Å². The second-order valence-corrected chi connectivity index (χ2v) is 8.38. The standard InChI is InChI=1S/C24H24FN7O/c1-14-17-10-16(25)5-6-18(17)29-22(32-7-3-4-8-32)11-19-23(20(12-26)31(2)30-19)15-9-21(33-14)24(27)28-13-15/h5-6,9-10,13-14H,3-4,7-8,11H2,1-2H3,(H2,27,28)/t14-/m1/s1. The molecule has 1 fully saturated rings. The van der Waals surface area contributed by atoms with Gasteiger partial charge in [0.15, 0.2) is 11.6 Å². The third-order valence-corrected chi connectivity index (χ3v) is 6.17. The monoisotopic (exact) mass is 445 g/mol. The summed E-state index contributed by atoms with van der Waals surface area (Å²) in [5.74, 6) is 1.05.